The molecule has 2 aromatic rings. The molecule has 0 bridgehead atoms. The molecule has 1 aromatic heterocycles. The Balaban J connectivity index is 1.59. The van der Waals surface area contributed by atoms with Crippen molar-refractivity contribution in [2.24, 2.45) is 0 Å². The molecule has 2 atom stereocenters. The highest BCUT2D eigenvalue weighted by Gasteiger charge is 2.15. The van der Waals surface area contributed by atoms with Crippen molar-refractivity contribution in [2.75, 3.05) is 13.2 Å². The fourth-order valence-electron chi connectivity index (χ4n) is 2.40. The van der Waals surface area contributed by atoms with Gasteiger partial charge in [0.25, 0.3) is 0 Å². The van der Waals surface area contributed by atoms with Gasteiger partial charge in [-0.25, -0.2) is 0 Å². The Hall–Kier alpha value is -2.01. The molecule has 0 saturated carbocycles. The fraction of sp³-hybridized carbons (Fsp3) is 0.438. The maximum atomic E-state index is 5.61. The van der Waals surface area contributed by atoms with Crippen LogP contribution >= 0.6 is 0 Å². The van der Waals surface area contributed by atoms with Gasteiger partial charge in [0.05, 0.1) is 6.04 Å². The summed E-state index contributed by atoms with van der Waals surface area (Å²) in [5, 5.41) is 7.83. The molecule has 5 heteroatoms. The van der Waals surface area contributed by atoms with E-state index in [1.54, 1.807) is 0 Å². The molecule has 3 rings (SSSR count). The third-order valence-corrected chi connectivity index (χ3v) is 3.90. The van der Waals surface area contributed by atoms with Crippen LogP contribution in [0.2, 0.25) is 0 Å². The van der Waals surface area contributed by atoms with E-state index in [2.05, 4.69) is 30.3 Å². The van der Waals surface area contributed by atoms with Crippen molar-refractivity contribution in [2.45, 2.75) is 32.5 Å². The molecule has 112 valence electrons. The lowest BCUT2D eigenvalue weighted by molar-refractivity contribution is 0.171. The molecule has 0 amide bonds. The van der Waals surface area contributed by atoms with Crippen LogP contribution < -0.4 is 14.8 Å². The van der Waals surface area contributed by atoms with E-state index < -0.39 is 0 Å². The summed E-state index contributed by atoms with van der Waals surface area (Å²) < 4.78 is 13.1. The first-order chi connectivity index (χ1) is 10.2. The number of hydrogen-bond acceptors (Lipinski definition) is 4. The van der Waals surface area contributed by atoms with Gasteiger partial charge >= 0.3 is 0 Å². The van der Waals surface area contributed by atoms with Crippen molar-refractivity contribution >= 4 is 0 Å². The zero-order chi connectivity index (χ0) is 14.7. The number of hydrogen-bond donors (Lipinski definition) is 1. The molecule has 1 N–H and O–H groups in total. The predicted molar refractivity (Wildman–Crippen MR) is 80.7 cm³/mol. The van der Waals surface area contributed by atoms with Gasteiger partial charge in [-0.15, -0.1) is 0 Å². The molecule has 2 heterocycles. The van der Waals surface area contributed by atoms with Gasteiger partial charge < -0.3 is 14.8 Å². The first-order valence-electron chi connectivity index (χ1n) is 7.35. The van der Waals surface area contributed by atoms with E-state index in [0.717, 1.165) is 18.0 Å². The minimum absolute atomic E-state index is 0.303. The van der Waals surface area contributed by atoms with Crippen LogP contribution in [-0.2, 0) is 6.54 Å². The molecule has 0 radical (unpaired) electrons. The number of rotatable bonds is 5. The Morgan fingerprint density at radius 3 is 2.81 bits per heavy atom. The number of benzene rings is 1. The summed E-state index contributed by atoms with van der Waals surface area (Å²) >= 11 is 0. The van der Waals surface area contributed by atoms with Crippen molar-refractivity contribution in [3.05, 3.63) is 42.2 Å². The molecule has 0 spiro atoms. The minimum atomic E-state index is 0.303. The van der Waals surface area contributed by atoms with Gasteiger partial charge in [0.1, 0.15) is 13.2 Å². The highest BCUT2D eigenvalue weighted by Crippen LogP contribution is 2.30. The molecule has 0 saturated heterocycles. The molecule has 21 heavy (non-hydrogen) atoms. The Morgan fingerprint density at radius 1 is 1.24 bits per heavy atom. The lowest BCUT2D eigenvalue weighted by Crippen LogP contribution is -2.33. The third-order valence-electron chi connectivity index (χ3n) is 3.90. The molecule has 1 aromatic carbocycles. The predicted octanol–water partition coefficient (Wildman–Crippen LogP) is 2.39. The molecule has 1 aliphatic rings. The van der Waals surface area contributed by atoms with Crippen molar-refractivity contribution in [1.82, 2.24) is 15.1 Å². The first kappa shape index (κ1) is 13.9. The lowest BCUT2D eigenvalue weighted by Gasteiger charge is -2.23. The van der Waals surface area contributed by atoms with E-state index in [4.69, 9.17) is 9.47 Å². The largest absolute Gasteiger partial charge is 0.486 e. The summed E-state index contributed by atoms with van der Waals surface area (Å²) in [6, 6.07) is 8.67. The third kappa shape index (κ3) is 3.19. The Kier molecular flexibility index (Phi) is 4.10. The van der Waals surface area contributed by atoms with Crippen LogP contribution in [0.3, 0.4) is 0 Å². The van der Waals surface area contributed by atoms with Crippen LogP contribution in [-0.4, -0.2) is 29.0 Å². The first-order valence-corrected chi connectivity index (χ1v) is 7.35. The SMILES string of the molecule is C[C@H]([C@@H](C)NCc1ccc2c(c1)OCCO2)n1cccn1. The van der Waals surface area contributed by atoms with Gasteiger partial charge in [-0.3, -0.25) is 4.68 Å². The topological polar surface area (TPSA) is 48.3 Å². The quantitative estimate of drug-likeness (QED) is 0.917. The minimum Gasteiger partial charge on any atom is -0.486 e. The molecule has 0 aliphatic carbocycles. The van der Waals surface area contributed by atoms with Gasteiger partial charge in [0, 0.05) is 25.0 Å². The van der Waals surface area contributed by atoms with E-state index in [1.807, 2.05) is 35.3 Å². The number of aromatic nitrogens is 2. The van der Waals surface area contributed by atoms with Crippen LogP contribution in [0.4, 0.5) is 0 Å². The fourth-order valence-corrected chi connectivity index (χ4v) is 2.40. The molecule has 1 aliphatic heterocycles. The lowest BCUT2D eigenvalue weighted by atomic mass is 10.1. The van der Waals surface area contributed by atoms with Crippen molar-refractivity contribution in [3.63, 3.8) is 0 Å². The number of nitrogens with zero attached hydrogens (tertiary/aromatic N) is 2. The summed E-state index contributed by atoms with van der Waals surface area (Å²) in [7, 11) is 0. The maximum absolute atomic E-state index is 5.61. The summed E-state index contributed by atoms with van der Waals surface area (Å²) in [6.07, 6.45) is 3.80. The standard InChI is InChI=1S/C16H21N3O2/c1-12(13(2)19-7-3-6-18-19)17-11-14-4-5-15-16(10-14)21-9-8-20-15/h3-7,10,12-13,17H,8-9,11H2,1-2H3/t12-,13-/m1/s1. The van der Waals surface area contributed by atoms with Crippen LogP contribution in [0.5, 0.6) is 11.5 Å². The molecule has 0 unspecified atom stereocenters. The average molecular weight is 287 g/mol. The second-order valence-electron chi connectivity index (χ2n) is 5.37. The molecule has 5 nitrogen and oxygen atoms in total. The number of nitrogens with one attached hydrogen (secondary N) is 1. The van der Waals surface area contributed by atoms with Crippen LogP contribution in [0.1, 0.15) is 25.5 Å². The van der Waals surface area contributed by atoms with Crippen molar-refractivity contribution in [1.29, 1.82) is 0 Å². The van der Waals surface area contributed by atoms with E-state index in [0.29, 0.717) is 25.3 Å². The van der Waals surface area contributed by atoms with Crippen molar-refractivity contribution in [3.8, 4) is 11.5 Å². The second-order valence-corrected chi connectivity index (χ2v) is 5.37. The van der Waals surface area contributed by atoms with E-state index in [-0.39, 0.29) is 0 Å². The summed E-state index contributed by atoms with van der Waals surface area (Å²) in [4.78, 5) is 0. The zero-order valence-corrected chi connectivity index (χ0v) is 12.5. The van der Waals surface area contributed by atoms with E-state index in [1.165, 1.54) is 5.56 Å². The van der Waals surface area contributed by atoms with Crippen LogP contribution in [0.25, 0.3) is 0 Å². The summed E-state index contributed by atoms with van der Waals surface area (Å²) in [5.41, 5.74) is 1.19. The maximum Gasteiger partial charge on any atom is 0.161 e. The van der Waals surface area contributed by atoms with Crippen LogP contribution in [0, 0.1) is 0 Å². The van der Waals surface area contributed by atoms with Gasteiger partial charge in [-0.05, 0) is 37.6 Å². The highest BCUT2D eigenvalue weighted by atomic mass is 16.6. The van der Waals surface area contributed by atoms with Crippen LogP contribution in [0.15, 0.2) is 36.7 Å². The van der Waals surface area contributed by atoms with E-state index >= 15 is 0 Å². The van der Waals surface area contributed by atoms with Gasteiger partial charge in [-0.1, -0.05) is 6.07 Å². The molecule has 0 fully saturated rings. The Labute approximate surface area is 124 Å². The van der Waals surface area contributed by atoms with Gasteiger partial charge in [0.2, 0.25) is 0 Å². The van der Waals surface area contributed by atoms with Crippen molar-refractivity contribution < 1.29 is 9.47 Å². The Bertz CT molecular complexity index is 583. The van der Waals surface area contributed by atoms with E-state index in [9.17, 15) is 0 Å². The monoisotopic (exact) mass is 287 g/mol. The molecular weight excluding hydrogens is 266 g/mol. The molecular formula is C16H21N3O2. The highest BCUT2D eigenvalue weighted by molar-refractivity contribution is 5.43. The smallest absolute Gasteiger partial charge is 0.161 e. The average Bonchev–Trinajstić information content (AvgIpc) is 3.06. The zero-order valence-electron chi connectivity index (χ0n) is 12.5. The summed E-state index contributed by atoms with van der Waals surface area (Å²) in [6.45, 7) is 6.38. The normalized spacial score (nSPS) is 16.5. The summed E-state index contributed by atoms with van der Waals surface area (Å²) in [5.74, 6) is 1.68. The number of fused-ring (bicyclic) bond motifs is 1. The second kappa shape index (κ2) is 6.18. The van der Waals surface area contributed by atoms with Gasteiger partial charge in [0.15, 0.2) is 11.5 Å². The number of ether oxygens (including phenoxy) is 2. The van der Waals surface area contributed by atoms with Gasteiger partial charge in [-0.2, -0.15) is 5.10 Å². The Morgan fingerprint density at radius 2 is 2.05 bits per heavy atom.